The summed E-state index contributed by atoms with van der Waals surface area (Å²) in [5.74, 6) is -0.711. The Balaban J connectivity index is 1.51. The van der Waals surface area contributed by atoms with Gasteiger partial charge >= 0.3 is 0 Å². The zero-order valence-electron chi connectivity index (χ0n) is 17.6. The van der Waals surface area contributed by atoms with Crippen molar-refractivity contribution in [3.05, 3.63) is 59.7 Å². The number of ether oxygens (including phenoxy) is 1. The molecule has 1 atom stereocenters. The lowest BCUT2D eigenvalue weighted by Crippen LogP contribution is -2.38. The van der Waals surface area contributed by atoms with Crippen LogP contribution in [0.4, 0.5) is 5.69 Å². The number of anilines is 1. The van der Waals surface area contributed by atoms with E-state index in [2.05, 4.69) is 10.0 Å². The average Bonchev–Trinajstić information content (AvgIpc) is 3.14. The van der Waals surface area contributed by atoms with Crippen LogP contribution in [0.3, 0.4) is 0 Å². The fourth-order valence-corrected chi connectivity index (χ4v) is 4.34. The predicted molar refractivity (Wildman–Crippen MR) is 118 cm³/mol. The number of hydrogen-bond donors (Lipinski definition) is 2. The summed E-state index contributed by atoms with van der Waals surface area (Å²) in [5, 5.41) is 2.64. The number of nitrogens with zero attached hydrogens (tertiary/aromatic N) is 1. The molecule has 8 nitrogen and oxygen atoms in total. The van der Waals surface area contributed by atoms with Crippen LogP contribution in [0.15, 0.2) is 48.5 Å². The van der Waals surface area contributed by atoms with E-state index in [0.717, 1.165) is 11.1 Å². The minimum absolute atomic E-state index is 0.0264. The standard InChI is InChI=1S/C22H27N3O5S/c1-16-8-9-20(30-2)19(12-16)25-15-18(13-21(25)26)22(27)23-10-11-31(28,29)24-14-17-6-4-3-5-7-17/h3-9,12,18,24H,10-11,13-15H2,1-2H3,(H,23,27). The van der Waals surface area contributed by atoms with Crippen LogP contribution >= 0.6 is 0 Å². The fraction of sp³-hybridized carbons (Fsp3) is 0.364. The molecule has 1 unspecified atom stereocenters. The summed E-state index contributed by atoms with van der Waals surface area (Å²) in [7, 11) is -2.00. The highest BCUT2D eigenvalue weighted by molar-refractivity contribution is 7.89. The Bertz CT molecular complexity index is 1040. The lowest BCUT2D eigenvalue weighted by Gasteiger charge is -2.20. The summed E-state index contributed by atoms with van der Waals surface area (Å²) < 4.78 is 32.2. The molecule has 1 fully saturated rings. The molecule has 1 saturated heterocycles. The maximum Gasteiger partial charge on any atom is 0.227 e. The van der Waals surface area contributed by atoms with Crippen LogP contribution < -0.4 is 19.7 Å². The average molecular weight is 446 g/mol. The summed E-state index contributed by atoms with van der Waals surface area (Å²) in [6, 6.07) is 14.7. The second kappa shape index (κ2) is 9.93. The minimum atomic E-state index is -3.54. The molecule has 3 rings (SSSR count). The van der Waals surface area contributed by atoms with Gasteiger partial charge in [-0.3, -0.25) is 9.59 Å². The van der Waals surface area contributed by atoms with Gasteiger partial charge in [-0.25, -0.2) is 13.1 Å². The summed E-state index contributed by atoms with van der Waals surface area (Å²) in [5.41, 5.74) is 2.46. The molecular formula is C22H27N3O5S. The van der Waals surface area contributed by atoms with Gasteiger partial charge < -0.3 is 15.0 Å². The quantitative estimate of drug-likeness (QED) is 0.610. The normalized spacial score (nSPS) is 16.4. The van der Waals surface area contributed by atoms with Crippen molar-refractivity contribution in [2.24, 2.45) is 5.92 Å². The predicted octanol–water partition coefficient (Wildman–Crippen LogP) is 1.59. The van der Waals surface area contributed by atoms with E-state index < -0.39 is 15.9 Å². The van der Waals surface area contributed by atoms with E-state index >= 15 is 0 Å². The van der Waals surface area contributed by atoms with E-state index in [1.54, 1.807) is 11.0 Å². The van der Waals surface area contributed by atoms with Crippen molar-refractivity contribution in [3.8, 4) is 5.75 Å². The maximum absolute atomic E-state index is 12.5. The topological polar surface area (TPSA) is 105 Å². The van der Waals surface area contributed by atoms with E-state index in [-0.39, 0.29) is 43.6 Å². The summed E-state index contributed by atoms with van der Waals surface area (Å²) in [6.45, 7) is 2.31. The van der Waals surface area contributed by atoms with E-state index in [1.165, 1.54) is 7.11 Å². The molecule has 1 aliphatic heterocycles. The first-order valence-corrected chi connectivity index (χ1v) is 11.7. The number of carbonyl (C=O) groups excluding carboxylic acids is 2. The highest BCUT2D eigenvalue weighted by Gasteiger charge is 2.36. The number of methoxy groups -OCH3 is 1. The maximum atomic E-state index is 12.5. The molecule has 2 amide bonds. The fourth-order valence-electron chi connectivity index (χ4n) is 3.44. The molecule has 1 heterocycles. The number of aryl methyl sites for hydroxylation is 1. The second-order valence-corrected chi connectivity index (χ2v) is 9.42. The van der Waals surface area contributed by atoms with E-state index in [1.807, 2.05) is 49.4 Å². The Morgan fingerprint density at radius 2 is 1.94 bits per heavy atom. The van der Waals surface area contributed by atoms with Crippen molar-refractivity contribution in [2.45, 2.75) is 19.9 Å². The lowest BCUT2D eigenvalue weighted by atomic mass is 10.1. The van der Waals surface area contributed by atoms with Gasteiger partial charge in [0.05, 0.1) is 24.5 Å². The van der Waals surface area contributed by atoms with Crippen LogP contribution in [-0.2, 0) is 26.2 Å². The van der Waals surface area contributed by atoms with Crippen LogP contribution in [0.1, 0.15) is 17.5 Å². The summed E-state index contributed by atoms with van der Waals surface area (Å²) >= 11 is 0. The Hall–Kier alpha value is -2.91. The van der Waals surface area contributed by atoms with Crippen LogP contribution in [0.25, 0.3) is 0 Å². The van der Waals surface area contributed by atoms with Crippen LogP contribution in [0.2, 0.25) is 0 Å². The third-order valence-electron chi connectivity index (χ3n) is 5.13. The van der Waals surface area contributed by atoms with Crippen LogP contribution in [0, 0.1) is 12.8 Å². The molecule has 9 heteroatoms. The van der Waals surface area contributed by atoms with Crippen molar-refractivity contribution in [3.63, 3.8) is 0 Å². The molecule has 2 aromatic carbocycles. The van der Waals surface area contributed by atoms with Crippen molar-refractivity contribution in [1.82, 2.24) is 10.0 Å². The number of rotatable bonds is 9. The molecule has 0 aliphatic carbocycles. The Kier molecular flexibility index (Phi) is 7.29. The van der Waals surface area contributed by atoms with Gasteiger partial charge in [0.15, 0.2) is 0 Å². The van der Waals surface area contributed by atoms with E-state index in [0.29, 0.717) is 11.4 Å². The van der Waals surface area contributed by atoms with Crippen LogP contribution in [0.5, 0.6) is 5.75 Å². The molecule has 0 saturated carbocycles. The SMILES string of the molecule is COc1ccc(C)cc1N1CC(C(=O)NCCS(=O)(=O)NCc2ccccc2)CC1=O. The molecule has 0 aromatic heterocycles. The highest BCUT2D eigenvalue weighted by Crippen LogP contribution is 2.33. The Labute approximate surface area is 182 Å². The number of nitrogens with one attached hydrogen (secondary N) is 2. The monoisotopic (exact) mass is 445 g/mol. The zero-order valence-corrected chi connectivity index (χ0v) is 18.4. The third kappa shape index (κ3) is 6.05. The Morgan fingerprint density at radius 1 is 1.19 bits per heavy atom. The summed E-state index contributed by atoms with van der Waals surface area (Å²) in [4.78, 5) is 26.6. The number of amides is 2. The lowest BCUT2D eigenvalue weighted by molar-refractivity contribution is -0.126. The van der Waals surface area contributed by atoms with Gasteiger partial charge in [0.1, 0.15) is 5.75 Å². The van der Waals surface area contributed by atoms with Crippen molar-refractivity contribution in [2.75, 3.05) is 30.9 Å². The van der Waals surface area contributed by atoms with Gasteiger partial charge in [0, 0.05) is 26.1 Å². The van der Waals surface area contributed by atoms with Crippen molar-refractivity contribution in [1.29, 1.82) is 0 Å². The third-order valence-corrected chi connectivity index (χ3v) is 6.46. The minimum Gasteiger partial charge on any atom is -0.495 e. The van der Waals surface area contributed by atoms with E-state index in [4.69, 9.17) is 4.74 Å². The van der Waals surface area contributed by atoms with Gasteiger partial charge in [-0.1, -0.05) is 36.4 Å². The first kappa shape index (κ1) is 22.8. The van der Waals surface area contributed by atoms with Gasteiger partial charge in [-0.05, 0) is 30.2 Å². The number of hydrogen-bond acceptors (Lipinski definition) is 5. The van der Waals surface area contributed by atoms with Crippen LogP contribution in [-0.4, -0.2) is 46.2 Å². The molecule has 0 radical (unpaired) electrons. The zero-order chi connectivity index (χ0) is 22.4. The molecule has 1 aliphatic rings. The summed E-state index contributed by atoms with van der Waals surface area (Å²) in [6.07, 6.45) is 0.0714. The smallest absolute Gasteiger partial charge is 0.227 e. The van der Waals surface area contributed by atoms with E-state index in [9.17, 15) is 18.0 Å². The van der Waals surface area contributed by atoms with Gasteiger partial charge in [0.2, 0.25) is 21.8 Å². The molecule has 166 valence electrons. The van der Waals surface area contributed by atoms with Gasteiger partial charge in [-0.2, -0.15) is 0 Å². The number of benzene rings is 2. The van der Waals surface area contributed by atoms with Gasteiger partial charge in [0.25, 0.3) is 0 Å². The molecule has 0 bridgehead atoms. The molecule has 2 aromatic rings. The van der Waals surface area contributed by atoms with Crippen molar-refractivity contribution >= 4 is 27.5 Å². The second-order valence-electron chi connectivity index (χ2n) is 7.50. The number of sulfonamides is 1. The van der Waals surface area contributed by atoms with Crippen molar-refractivity contribution < 1.29 is 22.7 Å². The Morgan fingerprint density at radius 3 is 2.65 bits per heavy atom. The van der Waals surface area contributed by atoms with Gasteiger partial charge in [-0.15, -0.1) is 0 Å². The molecule has 2 N–H and O–H groups in total. The first-order chi connectivity index (χ1) is 14.8. The number of carbonyl (C=O) groups is 2. The molecule has 0 spiro atoms. The molecule has 31 heavy (non-hydrogen) atoms. The molecular weight excluding hydrogens is 418 g/mol. The first-order valence-electron chi connectivity index (χ1n) is 10.0. The highest BCUT2D eigenvalue weighted by atomic mass is 32.2. The largest absolute Gasteiger partial charge is 0.495 e.